The number of carbonyl (C=O) groups is 10. The quantitative estimate of drug-likeness (QED) is 0.0178. The Balaban J connectivity index is 2.17. The number of nitrogens with one attached hydrogen (secondary N) is 10. The van der Waals surface area contributed by atoms with Crippen LogP contribution >= 0.6 is 0 Å². The van der Waals surface area contributed by atoms with Gasteiger partial charge >= 0.3 is 5.97 Å². The number of para-hydroxylation sites is 1. The molecule has 0 aliphatic heterocycles. The van der Waals surface area contributed by atoms with E-state index in [1.165, 1.54) is 6.92 Å². The Morgan fingerprint density at radius 3 is 1.66 bits per heavy atom. The highest BCUT2D eigenvalue weighted by atomic mass is 16.4. The maximum Gasteiger partial charge on any atom is 0.326 e. The summed E-state index contributed by atoms with van der Waals surface area (Å²) < 4.78 is 0. The van der Waals surface area contributed by atoms with Gasteiger partial charge in [0.25, 0.3) is 0 Å². The van der Waals surface area contributed by atoms with E-state index in [2.05, 4.69) is 57.8 Å². The molecular weight excluding hydrogens is 989 g/mol. The fourth-order valence-corrected chi connectivity index (χ4v) is 7.66. The number of nitrogens with zero attached hydrogens (tertiary/aromatic N) is 1. The number of aromatic nitrogens is 1. The van der Waals surface area contributed by atoms with Crippen LogP contribution in [0.5, 0.6) is 0 Å². The summed E-state index contributed by atoms with van der Waals surface area (Å²) in [5.41, 5.74) is 29.4. The number of aliphatic imine (C=N–C) groups is 1. The van der Waals surface area contributed by atoms with Gasteiger partial charge in [0.05, 0.1) is 25.7 Å². The first kappa shape index (κ1) is 64.7. The molecule has 2 rings (SSSR count). The van der Waals surface area contributed by atoms with Gasteiger partial charge in [0, 0.05) is 30.1 Å². The zero-order valence-corrected chi connectivity index (χ0v) is 44.3. The van der Waals surface area contributed by atoms with Crippen LogP contribution in [-0.2, 0) is 54.4 Å². The van der Waals surface area contributed by atoms with E-state index >= 15 is 0 Å². The predicted octanol–water partition coefficient (Wildman–Crippen LogP) is -3.59. The average molecular weight is 1070 g/mol. The molecule has 27 heteroatoms. The number of carboxylic acids is 1. The lowest BCUT2D eigenvalue weighted by Crippen LogP contribution is -2.60. The summed E-state index contributed by atoms with van der Waals surface area (Å²) in [5, 5.41) is 33.1. The molecule has 0 aliphatic rings. The number of amides is 9. The topological polar surface area (TPSA) is 457 Å². The zero-order valence-electron chi connectivity index (χ0n) is 44.3. The minimum atomic E-state index is -1.27. The highest BCUT2D eigenvalue weighted by molar-refractivity contribution is 5.97. The fraction of sp³-hybridized carbons (Fsp3) is 0.612. The number of nitrogens with two attached hydrogens (primary N) is 5. The lowest BCUT2D eigenvalue weighted by Gasteiger charge is -2.29. The maximum absolute atomic E-state index is 14.1. The standard InChI is InChI=1S/C49H82N16O11/c1-27(2)21-36(64-45(72)37(63-42(69)29(5)52)22-30-23-56-32-14-7-6-13-31(30)32)46(73)65-41(28(3)4)47(74)62-34(15-8-10-18-50)44(71)59-26-40(68)60-33(17-12-20-55-49(53)54)43(70)58-24-38(66)57-25-39(67)61-35(48(75)76)16-9-11-19-51/h6-7,13-14,23,27-29,33-37,41,56H,8-12,15-22,24-26,50-52H2,1-5H3,(H,57,66)(H,58,70)(H,59,71)(H,60,68)(H,61,67)(H,62,74)(H,63,69)(H,64,72)(H,65,73)(H,75,76)(H4,53,54,55)/t29-,33-,34-,35-,36-,37-,41-/m0/s1. The maximum atomic E-state index is 14.1. The number of aromatic amines is 1. The molecule has 21 N–H and O–H groups in total. The number of carboxylic acid groups (broad SMARTS) is 1. The number of unbranched alkanes of at least 4 members (excludes halogenated alkanes) is 2. The van der Waals surface area contributed by atoms with Crippen molar-refractivity contribution < 1.29 is 53.1 Å². The van der Waals surface area contributed by atoms with E-state index in [1.54, 1.807) is 20.0 Å². The van der Waals surface area contributed by atoms with Crippen LogP contribution in [0.25, 0.3) is 10.9 Å². The van der Waals surface area contributed by atoms with E-state index in [0.29, 0.717) is 32.2 Å². The van der Waals surface area contributed by atoms with Crippen molar-refractivity contribution in [3.63, 3.8) is 0 Å². The first-order valence-electron chi connectivity index (χ1n) is 25.6. The fourth-order valence-electron chi connectivity index (χ4n) is 7.66. The molecule has 424 valence electrons. The van der Waals surface area contributed by atoms with Crippen LogP contribution in [0.2, 0.25) is 0 Å². The van der Waals surface area contributed by atoms with Gasteiger partial charge in [-0.05, 0) is 101 Å². The molecule has 0 radical (unpaired) electrons. The van der Waals surface area contributed by atoms with Crippen LogP contribution in [0.3, 0.4) is 0 Å². The Morgan fingerprint density at radius 1 is 0.579 bits per heavy atom. The van der Waals surface area contributed by atoms with Gasteiger partial charge in [0.2, 0.25) is 53.2 Å². The van der Waals surface area contributed by atoms with Crippen LogP contribution in [0.15, 0.2) is 35.5 Å². The van der Waals surface area contributed by atoms with E-state index in [1.807, 2.05) is 38.1 Å². The summed E-state index contributed by atoms with van der Waals surface area (Å²) >= 11 is 0. The number of H-pyrrole nitrogens is 1. The van der Waals surface area contributed by atoms with Crippen molar-refractivity contribution in [1.29, 1.82) is 0 Å². The SMILES string of the molecule is CC(C)C[C@H](NC(=O)[C@H](Cc1c[nH]c2ccccc12)NC(=O)[C@H](C)N)C(=O)N[C@H](C(=O)N[C@@H](CCCCN)C(=O)NCC(=O)N[C@@H](CCCN=C(N)N)C(=O)NCC(=O)NCC(=O)N[C@@H](CCCCN)C(=O)O)C(C)C. The number of rotatable bonds is 36. The van der Waals surface area contributed by atoms with Gasteiger partial charge < -0.3 is 86.6 Å². The number of hydrogen-bond donors (Lipinski definition) is 16. The van der Waals surface area contributed by atoms with Crippen molar-refractivity contribution in [2.24, 2.45) is 45.5 Å². The third kappa shape index (κ3) is 24.3. The number of fused-ring (bicyclic) bond motifs is 1. The van der Waals surface area contributed by atoms with Gasteiger partial charge in [0.15, 0.2) is 5.96 Å². The number of hydrogen-bond acceptors (Lipinski definition) is 14. The Morgan fingerprint density at radius 2 is 1.09 bits per heavy atom. The Labute approximate surface area is 442 Å². The smallest absolute Gasteiger partial charge is 0.326 e. The molecule has 1 aromatic heterocycles. The van der Waals surface area contributed by atoms with Crippen molar-refractivity contribution in [2.45, 2.75) is 141 Å². The van der Waals surface area contributed by atoms with E-state index in [-0.39, 0.29) is 63.5 Å². The lowest BCUT2D eigenvalue weighted by molar-refractivity contribution is -0.142. The van der Waals surface area contributed by atoms with Gasteiger partial charge in [-0.2, -0.15) is 0 Å². The number of guanidine groups is 1. The molecule has 0 aliphatic carbocycles. The van der Waals surface area contributed by atoms with Gasteiger partial charge in [-0.3, -0.25) is 48.1 Å². The Hall–Kier alpha value is -7.39. The monoisotopic (exact) mass is 1070 g/mol. The van der Waals surface area contributed by atoms with E-state index < -0.39 is 127 Å². The first-order valence-corrected chi connectivity index (χ1v) is 25.6. The Bertz CT molecular complexity index is 2280. The molecule has 7 atom stereocenters. The molecular formula is C49H82N16O11. The van der Waals surface area contributed by atoms with Gasteiger partial charge in [-0.15, -0.1) is 0 Å². The van der Waals surface area contributed by atoms with Crippen LogP contribution in [0.4, 0.5) is 0 Å². The minimum Gasteiger partial charge on any atom is -0.480 e. The first-order chi connectivity index (χ1) is 36.0. The molecule has 1 heterocycles. The summed E-state index contributed by atoms with van der Waals surface area (Å²) in [6.07, 6.45) is 4.22. The third-order valence-corrected chi connectivity index (χ3v) is 11.8. The van der Waals surface area contributed by atoms with Gasteiger partial charge in [-0.25, -0.2) is 4.79 Å². The molecule has 27 nitrogen and oxygen atoms in total. The number of carbonyl (C=O) groups excluding carboxylic acids is 9. The van der Waals surface area contributed by atoms with Crippen molar-refractivity contribution in [2.75, 3.05) is 39.3 Å². The van der Waals surface area contributed by atoms with Crippen molar-refractivity contribution >= 4 is 76.0 Å². The second-order valence-electron chi connectivity index (χ2n) is 19.2. The van der Waals surface area contributed by atoms with Gasteiger partial charge in [-0.1, -0.05) is 45.9 Å². The molecule has 2 aromatic rings. The second-order valence-corrected chi connectivity index (χ2v) is 19.2. The number of aliphatic carboxylic acids is 1. The highest BCUT2D eigenvalue weighted by Crippen LogP contribution is 2.20. The van der Waals surface area contributed by atoms with Crippen LogP contribution in [0.1, 0.15) is 98.0 Å². The third-order valence-electron chi connectivity index (χ3n) is 11.8. The number of benzene rings is 1. The largest absolute Gasteiger partial charge is 0.480 e. The molecule has 9 amide bonds. The van der Waals surface area contributed by atoms with Crippen LogP contribution in [-0.4, -0.2) is 157 Å². The van der Waals surface area contributed by atoms with E-state index in [4.69, 9.17) is 28.7 Å². The van der Waals surface area contributed by atoms with Crippen LogP contribution in [0, 0.1) is 11.8 Å². The molecule has 0 unspecified atom stereocenters. The van der Waals surface area contributed by atoms with Crippen molar-refractivity contribution in [3.05, 3.63) is 36.0 Å². The lowest BCUT2D eigenvalue weighted by atomic mass is 9.98. The average Bonchev–Trinajstić information content (AvgIpc) is 3.77. The molecule has 0 bridgehead atoms. The molecule has 0 spiro atoms. The Kier molecular flexibility index (Phi) is 29.2. The summed E-state index contributed by atoms with van der Waals surface area (Å²) in [6.45, 7) is 7.36. The van der Waals surface area contributed by atoms with Crippen molar-refractivity contribution in [1.82, 2.24) is 52.8 Å². The van der Waals surface area contributed by atoms with E-state index in [9.17, 15) is 53.1 Å². The highest BCUT2D eigenvalue weighted by Gasteiger charge is 2.34. The normalized spacial score (nSPS) is 13.9. The summed E-state index contributed by atoms with van der Waals surface area (Å²) in [4.78, 5) is 139. The van der Waals surface area contributed by atoms with Crippen LogP contribution < -0.4 is 76.5 Å². The molecule has 76 heavy (non-hydrogen) atoms. The zero-order chi connectivity index (χ0) is 56.9. The van der Waals surface area contributed by atoms with Gasteiger partial charge in [0.1, 0.15) is 36.3 Å². The predicted molar refractivity (Wildman–Crippen MR) is 284 cm³/mol. The van der Waals surface area contributed by atoms with E-state index in [0.717, 1.165) is 16.5 Å². The molecule has 1 aromatic carbocycles. The van der Waals surface area contributed by atoms with Crippen molar-refractivity contribution in [3.8, 4) is 0 Å². The molecule has 0 saturated heterocycles. The minimum absolute atomic E-state index is 0.0233. The second kappa shape index (κ2) is 34.2. The molecule has 0 saturated carbocycles. The molecule has 0 fully saturated rings. The summed E-state index contributed by atoms with van der Waals surface area (Å²) in [7, 11) is 0. The summed E-state index contributed by atoms with van der Waals surface area (Å²) in [6, 6.07) is -0.687. The summed E-state index contributed by atoms with van der Waals surface area (Å²) in [5.74, 6) is -8.76.